The second kappa shape index (κ2) is 4.14. The second-order valence-corrected chi connectivity index (χ2v) is 2.38. The van der Waals surface area contributed by atoms with Crippen LogP contribution in [0.25, 0.3) is 10.4 Å². The first kappa shape index (κ1) is 7.38. The van der Waals surface area contributed by atoms with Gasteiger partial charge in [0.15, 0.2) is 0 Å². The molecule has 1 rings (SSSR count). The van der Waals surface area contributed by atoms with Gasteiger partial charge in [0.05, 0.1) is 6.10 Å². The minimum atomic E-state index is 0.352. The molecule has 0 amide bonds. The number of nitrogens with zero attached hydrogens (tertiary/aromatic N) is 3. The Kier molecular flexibility index (Phi) is 3.06. The first-order chi connectivity index (χ1) is 4.93. The third kappa shape index (κ3) is 2.25. The fraction of sp³-hybridized carbons (Fsp3) is 1.00. The summed E-state index contributed by atoms with van der Waals surface area (Å²) in [5, 5.41) is 3.44. The summed E-state index contributed by atoms with van der Waals surface area (Å²) in [7, 11) is 0. The molecule has 4 heteroatoms. The fourth-order valence-corrected chi connectivity index (χ4v) is 1.12. The summed E-state index contributed by atoms with van der Waals surface area (Å²) in [4.78, 5) is 2.67. The molecule has 0 bridgehead atoms. The molecule has 1 saturated heterocycles. The van der Waals surface area contributed by atoms with Crippen LogP contribution in [-0.2, 0) is 4.74 Å². The van der Waals surface area contributed by atoms with E-state index in [0.29, 0.717) is 12.6 Å². The molecule has 0 aromatic rings. The lowest BCUT2D eigenvalue weighted by Gasteiger charge is -2.04. The van der Waals surface area contributed by atoms with E-state index < -0.39 is 0 Å². The zero-order valence-corrected chi connectivity index (χ0v) is 5.86. The van der Waals surface area contributed by atoms with E-state index in [9.17, 15) is 0 Å². The van der Waals surface area contributed by atoms with Gasteiger partial charge in [-0.1, -0.05) is 5.11 Å². The minimum Gasteiger partial charge on any atom is -0.378 e. The van der Waals surface area contributed by atoms with Gasteiger partial charge in [0, 0.05) is 18.1 Å². The predicted octanol–water partition coefficient (Wildman–Crippen LogP) is 1.87. The van der Waals surface area contributed by atoms with Crippen molar-refractivity contribution in [2.45, 2.75) is 25.4 Å². The topological polar surface area (TPSA) is 58.0 Å². The molecule has 0 spiro atoms. The summed E-state index contributed by atoms with van der Waals surface area (Å²) in [5.41, 5.74) is 7.96. The van der Waals surface area contributed by atoms with Crippen LogP contribution in [0.2, 0.25) is 0 Å². The molecule has 1 fully saturated rings. The lowest BCUT2D eigenvalue weighted by atomic mass is 10.2. The zero-order chi connectivity index (χ0) is 7.23. The molecule has 0 aromatic heterocycles. The Labute approximate surface area is 59.8 Å². The Hall–Kier alpha value is -0.730. The number of hydrogen-bond donors (Lipinski definition) is 0. The first-order valence-corrected chi connectivity index (χ1v) is 3.56. The molecule has 0 radical (unpaired) electrons. The Balaban J connectivity index is 2.06. The van der Waals surface area contributed by atoms with Gasteiger partial charge in [0.1, 0.15) is 0 Å². The smallest absolute Gasteiger partial charge is 0.0577 e. The van der Waals surface area contributed by atoms with Crippen molar-refractivity contribution in [2.24, 2.45) is 5.11 Å². The summed E-state index contributed by atoms with van der Waals surface area (Å²) in [5.74, 6) is 0. The zero-order valence-electron chi connectivity index (χ0n) is 5.86. The van der Waals surface area contributed by atoms with Gasteiger partial charge in [-0.05, 0) is 24.8 Å². The molecule has 1 aliphatic heterocycles. The van der Waals surface area contributed by atoms with E-state index in [2.05, 4.69) is 10.0 Å². The van der Waals surface area contributed by atoms with Crippen LogP contribution in [0.3, 0.4) is 0 Å². The van der Waals surface area contributed by atoms with E-state index in [1.165, 1.54) is 0 Å². The minimum absolute atomic E-state index is 0.352. The monoisotopic (exact) mass is 141 g/mol. The molecule has 0 saturated carbocycles. The van der Waals surface area contributed by atoms with Gasteiger partial charge in [0.25, 0.3) is 0 Å². The maximum absolute atomic E-state index is 7.96. The maximum Gasteiger partial charge on any atom is 0.0577 e. The van der Waals surface area contributed by atoms with Gasteiger partial charge >= 0.3 is 0 Å². The van der Waals surface area contributed by atoms with Crippen molar-refractivity contribution in [3.63, 3.8) is 0 Å². The van der Waals surface area contributed by atoms with E-state index >= 15 is 0 Å². The molecule has 0 aliphatic carbocycles. The van der Waals surface area contributed by atoms with Crippen molar-refractivity contribution in [3.05, 3.63) is 10.4 Å². The molecule has 1 heterocycles. The van der Waals surface area contributed by atoms with Gasteiger partial charge in [-0.3, -0.25) is 0 Å². The van der Waals surface area contributed by atoms with E-state index in [-0.39, 0.29) is 0 Å². The third-order valence-corrected chi connectivity index (χ3v) is 1.64. The molecule has 1 atom stereocenters. The second-order valence-electron chi connectivity index (χ2n) is 2.38. The van der Waals surface area contributed by atoms with E-state index in [0.717, 1.165) is 25.9 Å². The van der Waals surface area contributed by atoms with Crippen molar-refractivity contribution < 1.29 is 4.74 Å². The Morgan fingerprint density at radius 3 is 3.20 bits per heavy atom. The quantitative estimate of drug-likeness (QED) is 0.336. The molecule has 0 N–H and O–H groups in total. The van der Waals surface area contributed by atoms with Crippen LogP contribution >= 0.6 is 0 Å². The van der Waals surface area contributed by atoms with Gasteiger partial charge in [-0.15, -0.1) is 0 Å². The summed E-state index contributed by atoms with van der Waals surface area (Å²) in [6.07, 6.45) is 3.51. The van der Waals surface area contributed by atoms with Crippen LogP contribution in [0.5, 0.6) is 0 Å². The summed E-state index contributed by atoms with van der Waals surface area (Å²) >= 11 is 0. The fourth-order valence-electron chi connectivity index (χ4n) is 1.12. The van der Waals surface area contributed by atoms with Gasteiger partial charge in [0.2, 0.25) is 0 Å². The Morgan fingerprint density at radius 1 is 1.70 bits per heavy atom. The summed E-state index contributed by atoms with van der Waals surface area (Å²) in [6.45, 7) is 1.45. The lowest BCUT2D eigenvalue weighted by Crippen LogP contribution is -2.05. The largest absolute Gasteiger partial charge is 0.378 e. The van der Waals surface area contributed by atoms with Crippen molar-refractivity contribution in [1.29, 1.82) is 0 Å². The summed E-state index contributed by atoms with van der Waals surface area (Å²) < 4.78 is 5.32. The van der Waals surface area contributed by atoms with Gasteiger partial charge < -0.3 is 4.74 Å². The third-order valence-electron chi connectivity index (χ3n) is 1.64. The average molecular weight is 141 g/mol. The highest BCUT2D eigenvalue weighted by Crippen LogP contribution is 2.14. The molecule has 0 unspecified atom stereocenters. The van der Waals surface area contributed by atoms with Gasteiger partial charge in [-0.25, -0.2) is 0 Å². The molecule has 0 aromatic carbocycles. The molecular weight excluding hydrogens is 130 g/mol. The number of rotatable bonds is 3. The number of azide groups is 1. The maximum atomic E-state index is 7.96. The summed E-state index contributed by atoms with van der Waals surface area (Å²) in [6, 6.07) is 0. The highest BCUT2D eigenvalue weighted by Gasteiger charge is 2.13. The lowest BCUT2D eigenvalue weighted by molar-refractivity contribution is 0.106. The van der Waals surface area contributed by atoms with Gasteiger partial charge in [-0.2, -0.15) is 0 Å². The molecular formula is C6H11N3O. The highest BCUT2D eigenvalue weighted by molar-refractivity contribution is 4.65. The van der Waals surface area contributed by atoms with Crippen molar-refractivity contribution >= 4 is 0 Å². The standard InChI is InChI=1S/C6H11N3O/c7-9-8-4-3-6-2-1-5-10-6/h6H,1-5H2/t6-/m1/s1. The van der Waals surface area contributed by atoms with Crippen LogP contribution in [-0.4, -0.2) is 19.3 Å². The average Bonchev–Trinajstić information content (AvgIpc) is 2.41. The molecule has 1 aliphatic rings. The van der Waals surface area contributed by atoms with Crippen LogP contribution in [0.4, 0.5) is 0 Å². The molecule has 10 heavy (non-hydrogen) atoms. The highest BCUT2D eigenvalue weighted by atomic mass is 16.5. The van der Waals surface area contributed by atoms with Crippen molar-refractivity contribution in [1.82, 2.24) is 0 Å². The van der Waals surface area contributed by atoms with E-state index in [4.69, 9.17) is 10.3 Å². The molecule has 56 valence electrons. The van der Waals surface area contributed by atoms with Crippen molar-refractivity contribution in [3.8, 4) is 0 Å². The van der Waals surface area contributed by atoms with Crippen LogP contribution in [0.1, 0.15) is 19.3 Å². The first-order valence-electron chi connectivity index (χ1n) is 3.56. The van der Waals surface area contributed by atoms with Crippen LogP contribution in [0, 0.1) is 0 Å². The Morgan fingerprint density at radius 2 is 2.60 bits per heavy atom. The number of ether oxygens (including phenoxy) is 1. The number of hydrogen-bond acceptors (Lipinski definition) is 2. The van der Waals surface area contributed by atoms with E-state index in [1.807, 2.05) is 0 Å². The van der Waals surface area contributed by atoms with E-state index in [1.54, 1.807) is 0 Å². The van der Waals surface area contributed by atoms with Crippen LogP contribution in [0.15, 0.2) is 5.11 Å². The van der Waals surface area contributed by atoms with Crippen LogP contribution < -0.4 is 0 Å². The SMILES string of the molecule is [N-]=[N+]=NCC[C@H]1CCCO1. The molecule has 4 nitrogen and oxygen atoms in total. The predicted molar refractivity (Wildman–Crippen MR) is 37.6 cm³/mol. The Bertz CT molecular complexity index is 136. The normalized spacial score (nSPS) is 24.2. The van der Waals surface area contributed by atoms with Crippen molar-refractivity contribution in [2.75, 3.05) is 13.2 Å².